The van der Waals surface area contributed by atoms with Crippen LogP contribution in [0.5, 0.6) is 0 Å². The van der Waals surface area contributed by atoms with Crippen LogP contribution in [0.4, 0.5) is 0 Å². The summed E-state index contributed by atoms with van der Waals surface area (Å²) in [4.78, 5) is 15.6. The molecule has 4 atom stereocenters. The SMILES string of the molecule is O=C(O)C12CN(Cc3ccccc3)CC1C1(c3cccc(Br)c3)CCC2c2ccccc21. The molecule has 2 fully saturated rings. The van der Waals surface area contributed by atoms with Gasteiger partial charge < -0.3 is 5.11 Å². The molecule has 4 aliphatic rings. The number of carboxylic acid groups (broad SMARTS) is 1. The number of hydrogen-bond donors (Lipinski definition) is 1. The average Bonchev–Trinajstić information content (AvgIpc) is 3.22. The van der Waals surface area contributed by atoms with Crippen LogP contribution in [0, 0.1) is 11.3 Å². The largest absolute Gasteiger partial charge is 0.481 e. The number of nitrogens with zero attached hydrogens (tertiary/aromatic N) is 1. The van der Waals surface area contributed by atoms with Gasteiger partial charge >= 0.3 is 5.97 Å². The second-order valence-corrected chi connectivity index (χ2v) is 10.6. The summed E-state index contributed by atoms with van der Waals surface area (Å²) in [5.41, 5.74) is 4.04. The number of hydrogen-bond acceptors (Lipinski definition) is 2. The molecule has 7 rings (SSSR count). The predicted molar refractivity (Wildman–Crippen MR) is 129 cm³/mol. The molecule has 162 valence electrons. The smallest absolute Gasteiger partial charge is 0.311 e. The predicted octanol–water partition coefficient (Wildman–Crippen LogP) is 5.83. The summed E-state index contributed by atoms with van der Waals surface area (Å²) in [5, 5.41) is 10.8. The van der Waals surface area contributed by atoms with Crippen molar-refractivity contribution in [2.45, 2.75) is 30.7 Å². The van der Waals surface area contributed by atoms with E-state index >= 15 is 0 Å². The first-order valence-electron chi connectivity index (χ1n) is 11.4. The molecule has 1 heterocycles. The highest BCUT2D eigenvalue weighted by atomic mass is 79.9. The van der Waals surface area contributed by atoms with Crippen molar-refractivity contribution in [2.24, 2.45) is 11.3 Å². The van der Waals surface area contributed by atoms with Crippen molar-refractivity contribution < 1.29 is 9.90 Å². The molecular weight excluding hydrogens is 462 g/mol. The van der Waals surface area contributed by atoms with Crippen LogP contribution in [-0.4, -0.2) is 29.1 Å². The highest BCUT2D eigenvalue weighted by Crippen LogP contribution is 2.69. The number of halogens is 1. The second-order valence-electron chi connectivity index (χ2n) is 9.71. The third-order valence-electron chi connectivity index (χ3n) is 8.40. The zero-order chi connectivity index (χ0) is 21.9. The standard InChI is InChI=1S/C28H26BrNO2/c29-21-10-6-9-20(15-21)27-14-13-24(22-11-4-5-12-23(22)27)28(26(31)32)18-30(17-25(27)28)16-19-7-2-1-3-8-19/h1-12,15,24-25H,13-14,16-18H2,(H,31,32). The Morgan fingerprint density at radius 2 is 1.81 bits per heavy atom. The van der Waals surface area contributed by atoms with Gasteiger partial charge in [-0.05, 0) is 47.2 Å². The van der Waals surface area contributed by atoms with Crippen LogP contribution in [0.2, 0.25) is 0 Å². The number of fused-ring (bicyclic) bond motifs is 1. The van der Waals surface area contributed by atoms with Crippen LogP contribution in [0.25, 0.3) is 0 Å². The minimum Gasteiger partial charge on any atom is -0.481 e. The maximum atomic E-state index is 13.2. The van der Waals surface area contributed by atoms with Gasteiger partial charge in [-0.2, -0.15) is 0 Å². The molecule has 0 aromatic heterocycles. The fourth-order valence-electron chi connectivity index (χ4n) is 7.28. The first kappa shape index (κ1) is 20.2. The molecule has 0 radical (unpaired) electrons. The van der Waals surface area contributed by atoms with Crippen molar-refractivity contribution in [1.82, 2.24) is 4.90 Å². The van der Waals surface area contributed by atoms with E-state index in [9.17, 15) is 9.90 Å². The van der Waals surface area contributed by atoms with Gasteiger partial charge in [-0.25, -0.2) is 0 Å². The third-order valence-corrected chi connectivity index (χ3v) is 8.89. The number of carbonyl (C=O) groups is 1. The number of aliphatic carboxylic acids is 1. The van der Waals surface area contributed by atoms with Crippen LogP contribution in [0.15, 0.2) is 83.3 Å². The molecule has 1 saturated carbocycles. The number of benzene rings is 3. The number of carboxylic acids is 1. The first-order valence-corrected chi connectivity index (χ1v) is 12.2. The van der Waals surface area contributed by atoms with E-state index in [2.05, 4.69) is 93.6 Å². The van der Waals surface area contributed by atoms with Crippen molar-refractivity contribution in [1.29, 1.82) is 0 Å². The Morgan fingerprint density at radius 3 is 2.59 bits per heavy atom. The van der Waals surface area contributed by atoms with Gasteiger partial charge in [0.1, 0.15) is 0 Å². The number of likely N-dealkylation sites (tertiary alicyclic amines) is 1. The van der Waals surface area contributed by atoms with Crippen LogP contribution < -0.4 is 0 Å². The Morgan fingerprint density at radius 1 is 1.03 bits per heavy atom. The molecule has 3 aromatic rings. The van der Waals surface area contributed by atoms with E-state index in [1.54, 1.807) is 0 Å². The summed E-state index contributed by atoms with van der Waals surface area (Å²) in [6, 6.07) is 27.7. The zero-order valence-corrected chi connectivity index (χ0v) is 19.5. The average molecular weight is 488 g/mol. The minimum atomic E-state index is -0.760. The summed E-state index contributed by atoms with van der Waals surface area (Å²) in [7, 11) is 0. The maximum absolute atomic E-state index is 13.2. The molecule has 3 aliphatic carbocycles. The van der Waals surface area contributed by atoms with Gasteiger partial charge in [-0.1, -0.05) is 82.7 Å². The summed E-state index contributed by atoms with van der Waals surface area (Å²) in [6.45, 7) is 2.21. The Labute approximate surface area is 197 Å². The molecule has 3 nitrogen and oxygen atoms in total. The zero-order valence-electron chi connectivity index (χ0n) is 17.9. The molecule has 0 spiro atoms. The fraction of sp³-hybridized carbons (Fsp3) is 0.321. The lowest BCUT2D eigenvalue weighted by atomic mass is 9.42. The summed E-state index contributed by atoms with van der Waals surface area (Å²) in [5.74, 6) is -0.521. The van der Waals surface area contributed by atoms with Crippen LogP contribution in [0.3, 0.4) is 0 Å². The lowest BCUT2D eigenvalue weighted by Gasteiger charge is -2.59. The van der Waals surface area contributed by atoms with E-state index in [0.717, 1.165) is 30.4 Å². The first-order chi connectivity index (χ1) is 15.6. The Bertz CT molecular complexity index is 1190. The van der Waals surface area contributed by atoms with Crippen molar-refractivity contribution >= 4 is 21.9 Å². The summed E-state index contributed by atoms with van der Waals surface area (Å²) < 4.78 is 1.05. The third kappa shape index (κ3) is 2.66. The lowest BCUT2D eigenvalue weighted by molar-refractivity contribution is -0.157. The molecule has 1 aliphatic heterocycles. The topological polar surface area (TPSA) is 40.5 Å². The van der Waals surface area contributed by atoms with E-state index in [-0.39, 0.29) is 17.3 Å². The van der Waals surface area contributed by atoms with E-state index in [1.165, 1.54) is 22.3 Å². The van der Waals surface area contributed by atoms with Gasteiger partial charge in [0, 0.05) is 41.4 Å². The van der Waals surface area contributed by atoms with Gasteiger partial charge in [0.2, 0.25) is 0 Å². The number of rotatable bonds is 4. The molecule has 4 unspecified atom stereocenters. The Kier molecular flexibility index (Phi) is 4.60. The molecule has 32 heavy (non-hydrogen) atoms. The van der Waals surface area contributed by atoms with Crippen molar-refractivity contribution in [2.75, 3.05) is 13.1 Å². The van der Waals surface area contributed by atoms with Crippen molar-refractivity contribution in [3.8, 4) is 0 Å². The maximum Gasteiger partial charge on any atom is 0.311 e. The van der Waals surface area contributed by atoms with Gasteiger partial charge in [-0.15, -0.1) is 0 Å². The van der Waals surface area contributed by atoms with E-state index in [0.29, 0.717) is 6.54 Å². The highest BCUT2D eigenvalue weighted by Gasteiger charge is 2.70. The highest BCUT2D eigenvalue weighted by molar-refractivity contribution is 9.10. The quantitative estimate of drug-likeness (QED) is 0.503. The summed E-state index contributed by atoms with van der Waals surface area (Å²) >= 11 is 3.68. The van der Waals surface area contributed by atoms with Gasteiger partial charge in [-0.3, -0.25) is 9.69 Å². The molecule has 3 aromatic carbocycles. The molecule has 4 heteroatoms. The van der Waals surface area contributed by atoms with Gasteiger partial charge in [0.25, 0.3) is 0 Å². The summed E-state index contributed by atoms with van der Waals surface area (Å²) in [6.07, 6.45) is 1.93. The molecule has 0 amide bonds. The normalized spacial score (nSPS) is 30.7. The molecule has 2 bridgehead atoms. The van der Waals surface area contributed by atoms with Crippen molar-refractivity contribution in [3.63, 3.8) is 0 Å². The Balaban J connectivity index is 1.55. The Hall–Kier alpha value is -2.43. The van der Waals surface area contributed by atoms with E-state index < -0.39 is 11.4 Å². The minimum absolute atomic E-state index is 0.0409. The molecular formula is C28H26BrNO2. The van der Waals surface area contributed by atoms with Gasteiger partial charge in [0.15, 0.2) is 0 Å². The van der Waals surface area contributed by atoms with Crippen LogP contribution in [-0.2, 0) is 16.8 Å². The van der Waals surface area contributed by atoms with Crippen LogP contribution >= 0.6 is 15.9 Å². The van der Waals surface area contributed by atoms with Crippen molar-refractivity contribution in [3.05, 3.63) is 106 Å². The lowest BCUT2D eigenvalue weighted by Crippen LogP contribution is -2.60. The van der Waals surface area contributed by atoms with E-state index in [1.807, 2.05) is 6.07 Å². The molecule has 1 saturated heterocycles. The van der Waals surface area contributed by atoms with Crippen LogP contribution in [0.1, 0.15) is 41.0 Å². The van der Waals surface area contributed by atoms with Gasteiger partial charge in [0.05, 0.1) is 5.41 Å². The fourth-order valence-corrected chi connectivity index (χ4v) is 7.67. The molecule has 1 N–H and O–H groups in total. The second kappa shape index (κ2) is 7.29. The van der Waals surface area contributed by atoms with E-state index in [4.69, 9.17) is 0 Å². The monoisotopic (exact) mass is 487 g/mol.